The molecule has 1 aliphatic carbocycles. The van der Waals surface area contributed by atoms with E-state index in [1.54, 1.807) is 25.1 Å². The summed E-state index contributed by atoms with van der Waals surface area (Å²) in [6.07, 6.45) is 3.41. The maximum absolute atomic E-state index is 12.6. The number of nitrogens with one attached hydrogen (secondary N) is 1. The predicted octanol–water partition coefficient (Wildman–Crippen LogP) is 1.74. The van der Waals surface area contributed by atoms with Crippen LogP contribution in [0, 0.1) is 6.92 Å². The van der Waals surface area contributed by atoms with Crippen LogP contribution in [0.4, 0.5) is 0 Å². The molecule has 130 valence electrons. The standard InChI is InChI=1S/C18H18N2O5/c1-10-7-8-20(17(22)15(10)18(23)24)13-9-11(3-6-14(13)25-2)16(21)19-12-4-5-12/h3,6-9,12H,4-5H2,1-2H3,(H,19,21)(H,23,24). The highest BCUT2D eigenvalue weighted by atomic mass is 16.5. The molecule has 0 unspecified atom stereocenters. The highest BCUT2D eigenvalue weighted by Gasteiger charge is 2.24. The number of nitrogens with zero attached hydrogens (tertiary/aromatic N) is 1. The van der Waals surface area contributed by atoms with Crippen molar-refractivity contribution >= 4 is 11.9 Å². The second-order valence-electron chi connectivity index (χ2n) is 5.99. The number of carbonyl (C=O) groups is 2. The predicted molar refractivity (Wildman–Crippen MR) is 90.8 cm³/mol. The van der Waals surface area contributed by atoms with Gasteiger partial charge in [-0.2, -0.15) is 0 Å². The second kappa shape index (κ2) is 6.43. The summed E-state index contributed by atoms with van der Waals surface area (Å²) >= 11 is 0. The largest absolute Gasteiger partial charge is 0.495 e. The molecule has 2 N–H and O–H groups in total. The summed E-state index contributed by atoms with van der Waals surface area (Å²) in [6.45, 7) is 1.56. The number of aromatic nitrogens is 1. The molecule has 1 amide bonds. The average Bonchev–Trinajstić information content (AvgIpc) is 3.38. The molecule has 0 bridgehead atoms. The van der Waals surface area contributed by atoms with Gasteiger partial charge >= 0.3 is 5.97 Å². The number of benzene rings is 1. The normalized spacial score (nSPS) is 13.4. The van der Waals surface area contributed by atoms with E-state index in [-0.39, 0.29) is 17.5 Å². The molecule has 7 nitrogen and oxygen atoms in total. The summed E-state index contributed by atoms with van der Waals surface area (Å²) < 4.78 is 6.46. The molecule has 0 spiro atoms. The lowest BCUT2D eigenvalue weighted by molar-refractivity contribution is 0.0693. The highest BCUT2D eigenvalue weighted by Crippen LogP contribution is 2.25. The van der Waals surface area contributed by atoms with Crippen molar-refractivity contribution in [1.29, 1.82) is 0 Å². The Hall–Kier alpha value is -3.09. The molecule has 0 atom stereocenters. The summed E-state index contributed by atoms with van der Waals surface area (Å²) in [5, 5.41) is 12.2. The zero-order chi connectivity index (χ0) is 18.1. The summed E-state index contributed by atoms with van der Waals surface area (Å²) in [5.74, 6) is -1.16. The van der Waals surface area contributed by atoms with Gasteiger partial charge in [0.2, 0.25) is 0 Å². The van der Waals surface area contributed by atoms with E-state index in [1.165, 1.54) is 23.9 Å². The first kappa shape index (κ1) is 16.8. The highest BCUT2D eigenvalue weighted by molar-refractivity contribution is 5.95. The van der Waals surface area contributed by atoms with Crippen LogP contribution >= 0.6 is 0 Å². The average molecular weight is 342 g/mol. The van der Waals surface area contributed by atoms with E-state index in [9.17, 15) is 19.5 Å². The molecule has 1 fully saturated rings. The van der Waals surface area contributed by atoms with E-state index < -0.39 is 11.5 Å². The third kappa shape index (κ3) is 3.26. The summed E-state index contributed by atoms with van der Waals surface area (Å²) in [7, 11) is 1.44. The number of rotatable bonds is 5. The summed E-state index contributed by atoms with van der Waals surface area (Å²) in [6, 6.07) is 6.47. The van der Waals surface area contributed by atoms with Gasteiger partial charge in [0.05, 0.1) is 12.8 Å². The molecule has 7 heteroatoms. The van der Waals surface area contributed by atoms with Crippen molar-refractivity contribution in [3.8, 4) is 11.4 Å². The van der Waals surface area contributed by atoms with E-state index in [0.29, 0.717) is 22.6 Å². The quantitative estimate of drug-likeness (QED) is 0.863. The van der Waals surface area contributed by atoms with Gasteiger partial charge in [0.1, 0.15) is 11.3 Å². The minimum Gasteiger partial charge on any atom is -0.495 e. The molecule has 2 aromatic rings. The van der Waals surface area contributed by atoms with Crippen molar-refractivity contribution < 1.29 is 19.4 Å². The van der Waals surface area contributed by atoms with Crippen molar-refractivity contribution in [2.75, 3.05) is 7.11 Å². The molecular weight excluding hydrogens is 324 g/mol. The molecule has 1 aromatic heterocycles. The number of aromatic carboxylic acids is 1. The fourth-order valence-corrected chi connectivity index (χ4v) is 2.59. The first-order valence-electron chi connectivity index (χ1n) is 7.87. The van der Waals surface area contributed by atoms with E-state index in [2.05, 4.69) is 5.32 Å². The Morgan fingerprint density at radius 1 is 1.28 bits per heavy atom. The Morgan fingerprint density at radius 2 is 2.00 bits per heavy atom. The lowest BCUT2D eigenvalue weighted by Gasteiger charge is -2.14. The Kier molecular flexibility index (Phi) is 4.31. The van der Waals surface area contributed by atoms with Crippen molar-refractivity contribution in [1.82, 2.24) is 9.88 Å². The van der Waals surface area contributed by atoms with Crippen LogP contribution in [0.2, 0.25) is 0 Å². The molecule has 1 saturated carbocycles. The molecule has 1 aromatic carbocycles. The van der Waals surface area contributed by atoms with Gasteiger partial charge < -0.3 is 15.2 Å². The van der Waals surface area contributed by atoms with Crippen molar-refractivity contribution in [3.63, 3.8) is 0 Å². The summed E-state index contributed by atoms with van der Waals surface area (Å²) in [5.41, 5.74) is 0.0868. The minimum absolute atomic E-state index is 0.207. The number of carboxylic acid groups (broad SMARTS) is 1. The van der Waals surface area contributed by atoms with E-state index in [4.69, 9.17) is 4.74 Å². The van der Waals surface area contributed by atoms with Crippen LogP contribution in [0.25, 0.3) is 5.69 Å². The van der Waals surface area contributed by atoms with Crippen LogP contribution in [0.5, 0.6) is 5.75 Å². The Bertz CT molecular complexity index is 912. The molecule has 0 radical (unpaired) electrons. The smallest absolute Gasteiger partial charge is 0.341 e. The number of carbonyl (C=O) groups excluding carboxylic acids is 1. The number of carboxylic acids is 1. The molecular formula is C18H18N2O5. The molecule has 0 saturated heterocycles. The lowest BCUT2D eigenvalue weighted by atomic mass is 10.1. The van der Waals surface area contributed by atoms with E-state index >= 15 is 0 Å². The second-order valence-corrected chi connectivity index (χ2v) is 5.99. The SMILES string of the molecule is COc1ccc(C(=O)NC2CC2)cc1-n1ccc(C)c(C(=O)O)c1=O. The van der Waals surface area contributed by atoms with Gasteiger partial charge in [-0.05, 0) is 49.6 Å². The zero-order valence-corrected chi connectivity index (χ0v) is 13.9. The van der Waals surface area contributed by atoms with Gasteiger partial charge in [-0.1, -0.05) is 0 Å². The van der Waals surface area contributed by atoms with Crippen LogP contribution in [-0.4, -0.2) is 34.7 Å². The minimum atomic E-state index is -1.29. The first-order chi connectivity index (χ1) is 11.9. The van der Waals surface area contributed by atoms with Crippen LogP contribution < -0.4 is 15.6 Å². The van der Waals surface area contributed by atoms with E-state index in [0.717, 1.165) is 12.8 Å². The maximum Gasteiger partial charge on any atom is 0.341 e. The Balaban J connectivity index is 2.12. The molecule has 25 heavy (non-hydrogen) atoms. The summed E-state index contributed by atoms with van der Waals surface area (Å²) in [4.78, 5) is 36.2. The zero-order valence-electron chi connectivity index (χ0n) is 13.9. The van der Waals surface area contributed by atoms with Crippen molar-refractivity contribution in [2.45, 2.75) is 25.8 Å². The number of aryl methyl sites for hydroxylation is 1. The fraction of sp³-hybridized carbons (Fsp3) is 0.278. The van der Waals surface area contributed by atoms with Crippen LogP contribution in [0.3, 0.4) is 0 Å². The van der Waals surface area contributed by atoms with Gasteiger partial charge in [0.15, 0.2) is 0 Å². The number of hydrogen-bond acceptors (Lipinski definition) is 4. The topological polar surface area (TPSA) is 97.6 Å². The lowest BCUT2D eigenvalue weighted by Crippen LogP contribution is -2.28. The van der Waals surface area contributed by atoms with Gasteiger partial charge in [-0.3, -0.25) is 14.2 Å². The third-order valence-electron chi connectivity index (χ3n) is 4.13. The third-order valence-corrected chi connectivity index (χ3v) is 4.13. The molecule has 0 aliphatic heterocycles. The number of methoxy groups -OCH3 is 1. The Morgan fingerprint density at radius 3 is 2.60 bits per heavy atom. The number of amides is 1. The monoisotopic (exact) mass is 342 g/mol. The molecule has 1 heterocycles. The van der Waals surface area contributed by atoms with E-state index in [1.807, 2.05) is 0 Å². The van der Waals surface area contributed by atoms with Crippen LogP contribution in [0.15, 0.2) is 35.3 Å². The van der Waals surface area contributed by atoms with Gasteiger partial charge in [0.25, 0.3) is 11.5 Å². The van der Waals surface area contributed by atoms with Gasteiger partial charge in [-0.25, -0.2) is 4.79 Å². The molecule has 1 aliphatic rings. The van der Waals surface area contributed by atoms with Crippen molar-refractivity contribution in [3.05, 3.63) is 57.5 Å². The van der Waals surface area contributed by atoms with Gasteiger partial charge in [0, 0.05) is 17.8 Å². The van der Waals surface area contributed by atoms with Gasteiger partial charge in [-0.15, -0.1) is 0 Å². The first-order valence-corrected chi connectivity index (χ1v) is 7.87. The van der Waals surface area contributed by atoms with Crippen LogP contribution in [0.1, 0.15) is 39.1 Å². The number of hydrogen-bond donors (Lipinski definition) is 2. The Labute approximate surface area is 143 Å². The van der Waals surface area contributed by atoms with Crippen molar-refractivity contribution in [2.24, 2.45) is 0 Å². The maximum atomic E-state index is 12.6. The van der Waals surface area contributed by atoms with Crippen LogP contribution in [-0.2, 0) is 0 Å². The molecule has 3 rings (SSSR count). The number of ether oxygens (including phenoxy) is 1. The fourth-order valence-electron chi connectivity index (χ4n) is 2.59. The number of pyridine rings is 1.